The molecular weight excluding hydrogens is 1040 g/mol. The zero-order valence-corrected chi connectivity index (χ0v) is 49.9. The maximum absolute atomic E-state index is 15.5. The minimum absolute atomic E-state index is 0.0523. The zero-order valence-electron chi connectivity index (χ0n) is 49.0. The normalized spacial score (nSPS) is 27.9. The minimum atomic E-state index is -1.08. The lowest BCUT2D eigenvalue weighted by molar-refractivity contribution is -0.180. The Morgan fingerprint density at radius 3 is 2.48 bits per heavy atom. The number of carbonyl (C=O) groups excluding carboxylic acids is 3. The minimum Gasteiger partial charge on any atom is -0.464 e. The van der Waals surface area contributed by atoms with Gasteiger partial charge in [-0.1, -0.05) is 32.9 Å². The number of rotatable bonds is 16. The van der Waals surface area contributed by atoms with Gasteiger partial charge in [-0.05, 0) is 133 Å². The van der Waals surface area contributed by atoms with E-state index in [-0.39, 0.29) is 65.9 Å². The first-order valence-corrected chi connectivity index (χ1v) is 30.8. The molecular formula is C63H84N10O7S. The second-order valence-electron chi connectivity index (χ2n) is 26.1. The average Bonchev–Trinajstić information content (AvgIpc) is 4.34. The molecule has 17 nitrogen and oxygen atoms in total. The van der Waals surface area contributed by atoms with Crippen molar-refractivity contribution in [2.75, 3.05) is 78.1 Å². The molecule has 0 radical (unpaired) electrons. The molecule has 8 aliphatic rings. The number of aromatic nitrogens is 4. The number of piperazine rings is 1. The van der Waals surface area contributed by atoms with Gasteiger partial charge in [0.25, 0.3) is 5.91 Å². The van der Waals surface area contributed by atoms with Crippen molar-refractivity contribution >= 4 is 45.7 Å². The Hall–Kier alpha value is -5.34. The number of esters is 1. The standard InChI is InChI=1S/C63H84N10O7S/c1-38(30-62(6,7)78-9)79-27-26-72-50-18-15-42-28-45(50)47(55(72)46-29-44(34-65-53(46)40(3)77-8)70-24-22-69(23-25-70)43-16-17-43)33-61(4,5)37-80-60(76)63-31-41(32-63)35-73(68-63)59(75)54(56(71-20-12-13-21-71)58-66-49(42)36-81-58)67-57(74)52-39(2)51(52)48-14-10-11-19-64-48/h10-11,14-15,18-19,28-29,34,36,38-41,43,51-52,54,56,68H,12-13,16-17,20-27,30-33,35,37H2,1-9H3,(H,67,74)/t38-,39-,40-,41?,51-,52+,54-,56-,63?/m0/s1. The number of nitrogens with one attached hydrogen (secondary N) is 2. The van der Waals surface area contributed by atoms with E-state index in [0.717, 1.165) is 126 Å². The largest absolute Gasteiger partial charge is 0.464 e. The molecule has 7 fully saturated rings. The van der Waals surface area contributed by atoms with Gasteiger partial charge in [0, 0.05) is 123 Å². The number of benzene rings is 1. The second kappa shape index (κ2) is 22.3. The maximum Gasteiger partial charge on any atom is 0.328 e. The summed E-state index contributed by atoms with van der Waals surface area (Å²) in [5.74, 6) is -1.05. The molecule has 18 heteroatoms. The number of hydrogen-bond acceptors (Lipinski definition) is 15. The number of likely N-dealkylation sites (tertiary alicyclic amines) is 1. The third-order valence-corrected chi connectivity index (χ3v) is 19.9. The van der Waals surface area contributed by atoms with Crippen LogP contribution in [0.4, 0.5) is 5.69 Å². The van der Waals surface area contributed by atoms with Crippen LogP contribution >= 0.6 is 11.3 Å². The number of nitrogens with zero attached hydrogens (tertiary/aromatic N) is 8. The van der Waals surface area contributed by atoms with Crippen LogP contribution in [0.25, 0.3) is 33.4 Å². The van der Waals surface area contributed by atoms with Gasteiger partial charge in [0.05, 0.1) is 66.0 Å². The lowest BCUT2D eigenvalue weighted by Gasteiger charge is -2.55. The van der Waals surface area contributed by atoms with Crippen LogP contribution in [0.15, 0.2) is 60.2 Å². The van der Waals surface area contributed by atoms with Gasteiger partial charge in [-0.2, -0.15) is 0 Å². The summed E-state index contributed by atoms with van der Waals surface area (Å²) in [6.45, 7) is 21.8. The number of hydrazine groups is 1. The quantitative estimate of drug-likeness (QED) is 0.0900. The Kier molecular flexibility index (Phi) is 15.5. The smallest absolute Gasteiger partial charge is 0.328 e. The number of anilines is 1. The van der Waals surface area contributed by atoms with Gasteiger partial charge in [0.1, 0.15) is 16.6 Å². The number of amides is 2. The van der Waals surface area contributed by atoms with Crippen LogP contribution in [0.3, 0.4) is 0 Å². The van der Waals surface area contributed by atoms with Crippen molar-refractivity contribution < 1.29 is 33.3 Å². The third kappa shape index (κ3) is 11.2. The molecule has 4 saturated heterocycles. The number of thiazole rings is 1. The molecule has 2 N–H and O–H groups in total. The lowest BCUT2D eigenvalue weighted by atomic mass is 9.66. The highest BCUT2D eigenvalue weighted by Gasteiger charge is 2.59. The van der Waals surface area contributed by atoms with E-state index in [1.807, 2.05) is 24.4 Å². The number of hydrogen-bond donors (Lipinski definition) is 2. The van der Waals surface area contributed by atoms with Crippen molar-refractivity contribution in [3.05, 3.63) is 82.2 Å². The summed E-state index contributed by atoms with van der Waals surface area (Å²) >= 11 is 1.54. The van der Waals surface area contributed by atoms with E-state index < -0.39 is 23.0 Å². The van der Waals surface area contributed by atoms with E-state index in [0.29, 0.717) is 39.0 Å². The fraction of sp³-hybridized carbons (Fsp3) is 0.619. The number of ether oxygens (including phenoxy) is 4. The monoisotopic (exact) mass is 1120 g/mol. The van der Waals surface area contributed by atoms with Gasteiger partial charge in [-0.3, -0.25) is 34.4 Å². The van der Waals surface area contributed by atoms with E-state index in [9.17, 15) is 9.59 Å². The fourth-order valence-corrected chi connectivity index (χ4v) is 15.2. The molecule has 81 heavy (non-hydrogen) atoms. The predicted molar refractivity (Wildman–Crippen MR) is 313 cm³/mol. The molecule has 3 aliphatic carbocycles. The number of fused-ring (bicyclic) bond motifs is 4. The van der Waals surface area contributed by atoms with Crippen molar-refractivity contribution in [2.45, 2.75) is 154 Å². The Balaban J connectivity index is 0.994. The molecule has 5 aromatic rings. The van der Waals surface area contributed by atoms with Crippen LogP contribution in [0.1, 0.15) is 133 Å². The van der Waals surface area contributed by atoms with Crippen molar-refractivity contribution in [1.29, 1.82) is 0 Å². The first-order chi connectivity index (χ1) is 38.9. The summed E-state index contributed by atoms with van der Waals surface area (Å²) in [5, 5.41) is 8.92. The molecule has 13 rings (SSSR count). The van der Waals surface area contributed by atoms with E-state index in [4.69, 9.17) is 28.9 Å². The van der Waals surface area contributed by atoms with Gasteiger partial charge in [-0.25, -0.2) is 15.2 Å². The van der Waals surface area contributed by atoms with Crippen LogP contribution in [-0.2, 0) is 46.3 Å². The van der Waals surface area contributed by atoms with Crippen LogP contribution in [0, 0.1) is 23.2 Å². The highest BCUT2D eigenvalue weighted by Crippen LogP contribution is 2.54. The summed E-state index contributed by atoms with van der Waals surface area (Å²) in [6, 6.07) is 14.0. The zero-order chi connectivity index (χ0) is 56.5. The van der Waals surface area contributed by atoms with Crippen molar-refractivity contribution in [2.24, 2.45) is 23.2 Å². The first-order valence-electron chi connectivity index (χ1n) is 30.0. The number of methoxy groups -OCH3 is 2. The van der Waals surface area contributed by atoms with Gasteiger partial charge in [0.2, 0.25) is 5.91 Å². The molecule has 9 heterocycles. The lowest BCUT2D eigenvalue weighted by Crippen LogP contribution is -2.75. The summed E-state index contributed by atoms with van der Waals surface area (Å²) in [5.41, 5.74) is 10.2. The molecule has 5 aliphatic heterocycles. The molecule has 1 spiro atoms. The van der Waals surface area contributed by atoms with E-state index in [2.05, 4.69) is 113 Å². The van der Waals surface area contributed by atoms with E-state index in [1.54, 1.807) is 25.4 Å². The summed E-state index contributed by atoms with van der Waals surface area (Å²) in [4.78, 5) is 68.0. The summed E-state index contributed by atoms with van der Waals surface area (Å²) in [7, 11) is 3.50. The van der Waals surface area contributed by atoms with Crippen LogP contribution < -0.4 is 15.6 Å². The van der Waals surface area contributed by atoms with Crippen molar-refractivity contribution in [3.8, 4) is 22.5 Å². The van der Waals surface area contributed by atoms with Gasteiger partial charge < -0.3 is 33.7 Å². The molecule has 434 valence electrons. The SMILES string of the molecule is CO[C@@H](C)c1ncc(N2CCN(C3CC3)CC2)cc1-c1c2c3cc(ccc3n1CCO[C@@H](C)CC(C)(C)OC)-c1csc(n1)[C@@H](N1CCCC1)[C@H](NC(=O)[C@@H]1[C@@H](C)[C@H]1c1ccccn1)C(=O)N1CC3CC(C3)(N1)C(=O)OCC(C)(C)C2. The second-order valence-corrected chi connectivity index (χ2v) is 27.0. The van der Waals surface area contributed by atoms with Gasteiger partial charge in [0.15, 0.2) is 0 Å². The molecule has 4 aromatic heterocycles. The number of pyridine rings is 2. The van der Waals surface area contributed by atoms with Crippen LogP contribution in [0.2, 0.25) is 0 Å². The average molecular weight is 1130 g/mol. The van der Waals surface area contributed by atoms with Crippen molar-refractivity contribution in [1.82, 2.24) is 45.1 Å². The predicted octanol–water partition coefficient (Wildman–Crippen LogP) is 8.73. The van der Waals surface area contributed by atoms with E-state index >= 15 is 4.79 Å². The van der Waals surface area contributed by atoms with Crippen molar-refractivity contribution in [3.63, 3.8) is 0 Å². The number of cyclic esters (lactones) is 1. The molecule has 0 unspecified atom stereocenters. The molecule has 7 atom stereocenters. The molecule has 7 bridgehead atoms. The number of carbonyl (C=O) groups is 3. The summed E-state index contributed by atoms with van der Waals surface area (Å²) in [6.07, 6.45) is 10.4. The van der Waals surface area contributed by atoms with Gasteiger partial charge >= 0.3 is 5.97 Å². The molecule has 3 saturated carbocycles. The first kappa shape index (κ1) is 56.2. The topological polar surface area (TPSA) is 169 Å². The van der Waals surface area contributed by atoms with Crippen LogP contribution in [0.5, 0.6) is 0 Å². The highest BCUT2D eigenvalue weighted by molar-refractivity contribution is 7.10. The Bertz CT molecular complexity index is 3120. The molecule has 1 aromatic carbocycles. The summed E-state index contributed by atoms with van der Waals surface area (Å²) < 4.78 is 27.6. The fourth-order valence-electron chi connectivity index (χ4n) is 14.2. The Labute approximate surface area is 481 Å². The third-order valence-electron chi connectivity index (χ3n) is 19.0. The van der Waals surface area contributed by atoms with E-state index in [1.165, 1.54) is 24.2 Å². The van der Waals surface area contributed by atoms with Crippen LogP contribution in [-0.4, -0.2) is 155 Å². The maximum atomic E-state index is 15.5. The Morgan fingerprint density at radius 2 is 1.77 bits per heavy atom. The van der Waals surface area contributed by atoms with Gasteiger partial charge in [-0.15, -0.1) is 11.3 Å². The molecule has 2 amide bonds. The highest BCUT2D eigenvalue weighted by atomic mass is 32.1. The Morgan fingerprint density at radius 1 is 0.988 bits per heavy atom.